The molecule has 0 aliphatic carbocycles. The Bertz CT molecular complexity index is 1350. The molecule has 0 aromatic heterocycles. The minimum Gasteiger partial charge on any atom is -0.454 e. The molecule has 0 bridgehead atoms. The average Bonchev–Trinajstić information content (AvgIpc) is 3.51. The molecule has 4 aliphatic rings. The minimum absolute atomic E-state index is 0.0102. The quantitative estimate of drug-likeness (QED) is 0.540. The average molecular weight is 497 g/mol. The molecule has 2 aromatic carbocycles. The molecular formula is C24H21ClN4O6. The fraction of sp³-hybridized carbons (Fsp3) is 0.333. The molecule has 0 radical (unpaired) electrons. The maximum absolute atomic E-state index is 13.8. The van der Waals surface area contributed by atoms with Gasteiger partial charge in [-0.25, -0.2) is 0 Å². The van der Waals surface area contributed by atoms with Crippen molar-refractivity contribution in [2.75, 3.05) is 12.1 Å². The van der Waals surface area contributed by atoms with E-state index < -0.39 is 47.0 Å². The number of anilines is 1. The molecule has 0 unspecified atom stereocenters. The van der Waals surface area contributed by atoms with E-state index in [-0.39, 0.29) is 19.8 Å². The first kappa shape index (κ1) is 21.9. The maximum atomic E-state index is 13.8. The zero-order chi connectivity index (χ0) is 24.6. The normalized spacial score (nSPS) is 28.0. The topological polar surface area (TPSA) is 140 Å². The monoisotopic (exact) mass is 496 g/mol. The molecule has 11 heteroatoms. The second-order valence-electron chi connectivity index (χ2n) is 9.31. The van der Waals surface area contributed by atoms with Gasteiger partial charge in [0, 0.05) is 18.0 Å². The zero-order valence-electron chi connectivity index (χ0n) is 18.6. The number of primary amides is 1. The smallest absolute Gasteiger partial charge is 0.250 e. The molecule has 2 fully saturated rings. The molecule has 10 nitrogen and oxygen atoms in total. The van der Waals surface area contributed by atoms with Crippen molar-refractivity contribution in [1.29, 1.82) is 0 Å². The van der Waals surface area contributed by atoms with E-state index in [0.29, 0.717) is 33.3 Å². The van der Waals surface area contributed by atoms with Crippen LogP contribution >= 0.6 is 11.6 Å². The molecule has 4 amide bonds. The third kappa shape index (κ3) is 2.99. The van der Waals surface area contributed by atoms with E-state index in [1.807, 2.05) is 6.92 Å². The van der Waals surface area contributed by atoms with Crippen molar-refractivity contribution in [2.45, 2.75) is 31.5 Å². The van der Waals surface area contributed by atoms with Crippen LogP contribution in [0.5, 0.6) is 11.5 Å². The van der Waals surface area contributed by atoms with Crippen molar-refractivity contribution in [2.24, 2.45) is 17.6 Å². The molecule has 0 saturated carbocycles. The first-order valence-electron chi connectivity index (χ1n) is 11.1. The number of hydrogen-bond donors (Lipinski definition) is 3. The third-order valence-corrected chi connectivity index (χ3v) is 7.51. The number of nitrogens with one attached hydrogen (secondary N) is 2. The van der Waals surface area contributed by atoms with Gasteiger partial charge in [-0.05, 0) is 36.2 Å². The summed E-state index contributed by atoms with van der Waals surface area (Å²) in [5.74, 6) is -3.00. The van der Waals surface area contributed by atoms with E-state index >= 15 is 0 Å². The van der Waals surface area contributed by atoms with Gasteiger partial charge in [0.1, 0.15) is 5.54 Å². The minimum atomic E-state index is -1.55. The molecule has 4 aliphatic heterocycles. The van der Waals surface area contributed by atoms with Crippen LogP contribution in [-0.4, -0.2) is 41.4 Å². The Morgan fingerprint density at radius 1 is 1.17 bits per heavy atom. The summed E-state index contributed by atoms with van der Waals surface area (Å²) in [6.07, 6.45) is -0.206. The number of nitrogens with zero attached hydrogens (tertiary/aromatic N) is 1. The highest BCUT2D eigenvalue weighted by atomic mass is 35.5. The van der Waals surface area contributed by atoms with Crippen LogP contribution in [0.4, 0.5) is 5.69 Å². The van der Waals surface area contributed by atoms with Crippen molar-refractivity contribution in [3.8, 4) is 11.5 Å². The lowest BCUT2D eigenvalue weighted by Gasteiger charge is -2.29. The number of likely N-dealkylation sites (tertiary alicyclic amines) is 1. The van der Waals surface area contributed by atoms with E-state index in [1.54, 1.807) is 30.3 Å². The lowest BCUT2D eigenvalue weighted by molar-refractivity contribution is -0.143. The number of hydrogen-bond acceptors (Lipinski definition) is 7. The van der Waals surface area contributed by atoms with Crippen molar-refractivity contribution >= 4 is 40.9 Å². The van der Waals surface area contributed by atoms with Crippen molar-refractivity contribution in [1.82, 2.24) is 10.2 Å². The SMILES string of the molecule is Cc1cc(Cl)c2c(c1)[C@@]1(N[C@@H](CC(N)=O)[C@H]3C(=O)N(Cc4ccc5c(c4)OCO5)C(=O)[C@@H]31)C(=O)N2. The number of carbonyl (C=O) groups excluding carboxylic acids is 4. The third-order valence-electron chi connectivity index (χ3n) is 7.21. The molecule has 2 aromatic rings. The summed E-state index contributed by atoms with van der Waals surface area (Å²) >= 11 is 6.41. The second kappa shape index (κ2) is 7.43. The Balaban J connectivity index is 1.44. The fourth-order valence-electron chi connectivity index (χ4n) is 5.82. The molecule has 4 N–H and O–H groups in total. The van der Waals surface area contributed by atoms with E-state index in [4.69, 9.17) is 26.8 Å². The Morgan fingerprint density at radius 2 is 1.94 bits per heavy atom. The molecule has 35 heavy (non-hydrogen) atoms. The number of ether oxygens (including phenoxy) is 2. The highest BCUT2D eigenvalue weighted by Crippen LogP contribution is 2.55. The lowest BCUT2D eigenvalue weighted by atomic mass is 9.76. The Kier molecular flexibility index (Phi) is 4.64. The number of amides is 4. The number of aryl methyl sites for hydroxylation is 1. The van der Waals surface area contributed by atoms with Gasteiger partial charge in [0.05, 0.1) is 29.1 Å². The number of fused-ring (bicyclic) bond motifs is 5. The summed E-state index contributed by atoms with van der Waals surface area (Å²) in [6, 6.07) is 7.86. The molecule has 2 saturated heterocycles. The van der Waals surface area contributed by atoms with Crippen molar-refractivity contribution in [3.63, 3.8) is 0 Å². The molecule has 6 rings (SSSR count). The van der Waals surface area contributed by atoms with E-state index in [1.165, 1.54) is 0 Å². The number of halogens is 1. The van der Waals surface area contributed by atoms with Crippen LogP contribution in [0, 0.1) is 18.8 Å². The van der Waals surface area contributed by atoms with Crippen molar-refractivity contribution < 1.29 is 28.7 Å². The summed E-state index contributed by atoms with van der Waals surface area (Å²) in [7, 11) is 0. The maximum Gasteiger partial charge on any atom is 0.250 e. The number of rotatable bonds is 4. The van der Waals surface area contributed by atoms with Gasteiger partial charge >= 0.3 is 0 Å². The largest absolute Gasteiger partial charge is 0.454 e. The van der Waals surface area contributed by atoms with Gasteiger partial charge in [0.25, 0.3) is 0 Å². The Morgan fingerprint density at radius 3 is 2.71 bits per heavy atom. The Labute approximate surface area is 204 Å². The van der Waals surface area contributed by atoms with Crippen LogP contribution in [0.2, 0.25) is 5.02 Å². The van der Waals surface area contributed by atoms with E-state index in [2.05, 4.69) is 10.6 Å². The predicted molar refractivity (Wildman–Crippen MR) is 122 cm³/mol. The van der Waals surface area contributed by atoms with Gasteiger partial charge in [-0.15, -0.1) is 0 Å². The lowest BCUT2D eigenvalue weighted by Crippen LogP contribution is -2.53. The highest BCUT2D eigenvalue weighted by Gasteiger charge is 2.70. The number of nitrogens with two attached hydrogens (primary N) is 1. The fourth-order valence-corrected chi connectivity index (χ4v) is 6.14. The van der Waals surface area contributed by atoms with Gasteiger partial charge in [-0.2, -0.15) is 0 Å². The number of benzene rings is 2. The van der Waals surface area contributed by atoms with Gasteiger partial charge in [-0.3, -0.25) is 29.4 Å². The molecule has 4 heterocycles. The highest BCUT2D eigenvalue weighted by molar-refractivity contribution is 6.35. The molecular weight excluding hydrogens is 476 g/mol. The zero-order valence-corrected chi connectivity index (χ0v) is 19.3. The van der Waals surface area contributed by atoms with Gasteiger partial charge in [0.2, 0.25) is 30.4 Å². The summed E-state index contributed by atoms with van der Waals surface area (Å²) in [4.78, 5) is 54.0. The summed E-state index contributed by atoms with van der Waals surface area (Å²) in [5, 5.41) is 6.27. The van der Waals surface area contributed by atoms with Gasteiger partial charge < -0.3 is 20.5 Å². The molecule has 4 atom stereocenters. The Hall–Kier alpha value is -3.63. The molecule has 1 spiro atoms. The summed E-state index contributed by atoms with van der Waals surface area (Å²) in [6.45, 7) is 1.91. The van der Waals surface area contributed by atoms with E-state index in [9.17, 15) is 19.2 Å². The summed E-state index contributed by atoms with van der Waals surface area (Å²) in [5.41, 5.74) is 6.26. The van der Waals surface area contributed by atoms with E-state index in [0.717, 1.165) is 10.5 Å². The number of carbonyl (C=O) groups is 4. The van der Waals surface area contributed by atoms with Crippen LogP contribution in [0.25, 0.3) is 0 Å². The van der Waals surface area contributed by atoms with Crippen LogP contribution in [-0.2, 0) is 31.3 Å². The summed E-state index contributed by atoms with van der Waals surface area (Å²) < 4.78 is 10.7. The number of imide groups is 1. The second-order valence-corrected chi connectivity index (χ2v) is 9.71. The van der Waals surface area contributed by atoms with Crippen LogP contribution in [0.3, 0.4) is 0 Å². The standard InChI is InChI=1S/C24H21ClN4O6/c1-10-4-12-20(13(25)5-10)27-23(33)24(12)19-18(14(28-24)7-17(26)30)21(31)29(22(19)32)8-11-2-3-15-16(6-11)35-9-34-15/h2-6,14,18-19,28H,7-9H2,1H3,(H2,26,30)(H,27,33)/t14-,18+,19+,24-/m0/s1. The predicted octanol–water partition coefficient (Wildman–Crippen LogP) is 1.17. The first-order chi connectivity index (χ1) is 16.7. The van der Waals surface area contributed by atoms with Crippen molar-refractivity contribution in [3.05, 3.63) is 52.0 Å². The first-order valence-corrected chi connectivity index (χ1v) is 11.5. The van der Waals surface area contributed by atoms with Crippen LogP contribution in [0.1, 0.15) is 23.1 Å². The van der Waals surface area contributed by atoms with Crippen LogP contribution in [0.15, 0.2) is 30.3 Å². The van der Waals surface area contributed by atoms with Gasteiger partial charge in [-0.1, -0.05) is 23.7 Å². The van der Waals surface area contributed by atoms with Gasteiger partial charge in [0.15, 0.2) is 11.5 Å². The molecule has 180 valence electrons. The van der Waals surface area contributed by atoms with Crippen LogP contribution < -0.4 is 25.8 Å².